The van der Waals surface area contributed by atoms with Crippen molar-refractivity contribution in [2.24, 2.45) is 17.3 Å². The molecule has 20 heavy (non-hydrogen) atoms. The first kappa shape index (κ1) is 15.8. The van der Waals surface area contributed by atoms with Crippen LogP contribution in [0.25, 0.3) is 0 Å². The number of amides is 1. The van der Waals surface area contributed by atoms with Crippen molar-refractivity contribution in [1.82, 2.24) is 10.2 Å². The fourth-order valence-corrected chi connectivity index (χ4v) is 3.87. The van der Waals surface area contributed by atoms with Gasteiger partial charge in [0.2, 0.25) is 5.91 Å². The average molecular weight is 280 g/mol. The maximum Gasteiger partial charge on any atom is 0.241 e. The molecule has 3 nitrogen and oxygen atoms in total. The molecular weight excluding hydrogens is 248 g/mol. The molecule has 3 unspecified atom stereocenters. The summed E-state index contributed by atoms with van der Waals surface area (Å²) in [6.45, 7) is 13.5. The van der Waals surface area contributed by atoms with E-state index >= 15 is 0 Å². The van der Waals surface area contributed by atoms with Crippen molar-refractivity contribution in [2.75, 3.05) is 0 Å². The monoisotopic (exact) mass is 280 g/mol. The first-order valence-corrected chi connectivity index (χ1v) is 8.29. The smallest absolute Gasteiger partial charge is 0.241 e. The zero-order valence-corrected chi connectivity index (χ0v) is 14.1. The molecule has 0 aromatic carbocycles. The standard InChI is InChI=1S/C17H32N2O/c1-11(2)9-14-16(20)19(15(18-14)12(3)4)13-7-8-17(5,6)10-13/h11-15,18H,7-10H2,1-6H3. The van der Waals surface area contributed by atoms with Crippen molar-refractivity contribution in [3.05, 3.63) is 0 Å². The fourth-order valence-electron chi connectivity index (χ4n) is 3.87. The summed E-state index contributed by atoms with van der Waals surface area (Å²) in [6, 6.07) is 0.473. The maximum absolute atomic E-state index is 12.8. The van der Waals surface area contributed by atoms with Gasteiger partial charge in [-0.3, -0.25) is 10.1 Å². The Balaban J connectivity index is 2.14. The van der Waals surface area contributed by atoms with E-state index in [1.165, 1.54) is 6.42 Å². The van der Waals surface area contributed by atoms with Crippen LogP contribution in [0.4, 0.5) is 0 Å². The van der Waals surface area contributed by atoms with Crippen LogP contribution >= 0.6 is 0 Å². The zero-order chi connectivity index (χ0) is 15.1. The minimum Gasteiger partial charge on any atom is -0.323 e. The highest BCUT2D eigenvalue weighted by Crippen LogP contribution is 2.41. The van der Waals surface area contributed by atoms with E-state index in [1.807, 2.05) is 0 Å². The van der Waals surface area contributed by atoms with E-state index in [0.29, 0.717) is 29.2 Å². The van der Waals surface area contributed by atoms with E-state index in [-0.39, 0.29) is 12.2 Å². The first-order chi connectivity index (χ1) is 9.21. The summed E-state index contributed by atoms with van der Waals surface area (Å²) in [5.74, 6) is 1.38. The molecular formula is C17H32N2O. The Labute approximate surface area is 124 Å². The van der Waals surface area contributed by atoms with Crippen LogP contribution in [0.1, 0.15) is 67.2 Å². The minimum atomic E-state index is 0.0334. The summed E-state index contributed by atoms with van der Waals surface area (Å²) < 4.78 is 0. The van der Waals surface area contributed by atoms with Gasteiger partial charge in [0.1, 0.15) is 0 Å². The van der Waals surface area contributed by atoms with Crippen LogP contribution < -0.4 is 5.32 Å². The Morgan fingerprint density at radius 1 is 1.30 bits per heavy atom. The van der Waals surface area contributed by atoms with Crippen molar-refractivity contribution >= 4 is 5.91 Å². The van der Waals surface area contributed by atoms with Crippen LogP contribution in [0.3, 0.4) is 0 Å². The lowest BCUT2D eigenvalue weighted by Crippen LogP contribution is -2.46. The maximum atomic E-state index is 12.8. The summed E-state index contributed by atoms with van der Waals surface area (Å²) in [6.07, 6.45) is 4.73. The molecule has 3 heteroatoms. The minimum absolute atomic E-state index is 0.0334. The number of carbonyl (C=O) groups is 1. The number of hydrogen-bond acceptors (Lipinski definition) is 2. The van der Waals surface area contributed by atoms with E-state index in [2.05, 4.69) is 51.8 Å². The lowest BCUT2D eigenvalue weighted by molar-refractivity contribution is -0.133. The van der Waals surface area contributed by atoms with Gasteiger partial charge >= 0.3 is 0 Å². The Kier molecular flexibility index (Phi) is 4.48. The summed E-state index contributed by atoms with van der Waals surface area (Å²) in [5.41, 5.74) is 0.391. The molecule has 0 spiro atoms. The third-order valence-corrected chi connectivity index (χ3v) is 4.90. The number of nitrogens with one attached hydrogen (secondary N) is 1. The molecule has 2 rings (SSSR count). The molecule has 3 atom stereocenters. The number of hydrogen-bond donors (Lipinski definition) is 1. The Bertz CT molecular complexity index is 362. The molecule has 1 N–H and O–H groups in total. The molecule has 1 saturated heterocycles. The highest BCUT2D eigenvalue weighted by atomic mass is 16.2. The van der Waals surface area contributed by atoms with Crippen molar-refractivity contribution in [2.45, 2.75) is 85.5 Å². The van der Waals surface area contributed by atoms with E-state index in [0.717, 1.165) is 19.3 Å². The molecule has 1 aliphatic carbocycles. The normalized spacial score (nSPS) is 33.7. The quantitative estimate of drug-likeness (QED) is 0.856. The molecule has 1 aliphatic heterocycles. The van der Waals surface area contributed by atoms with Gasteiger partial charge in [-0.1, -0.05) is 41.5 Å². The highest BCUT2D eigenvalue weighted by molar-refractivity contribution is 5.84. The molecule has 1 heterocycles. The van der Waals surface area contributed by atoms with Gasteiger partial charge in [-0.2, -0.15) is 0 Å². The van der Waals surface area contributed by atoms with Gasteiger partial charge in [-0.15, -0.1) is 0 Å². The van der Waals surface area contributed by atoms with Gasteiger partial charge in [0.25, 0.3) is 0 Å². The summed E-state index contributed by atoms with van der Waals surface area (Å²) in [7, 11) is 0. The molecule has 0 aromatic rings. The lowest BCUT2D eigenvalue weighted by Gasteiger charge is -2.33. The van der Waals surface area contributed by atoms with Crippen molar-refractivity contribution < 1.29 is 4.79 Å². The molecule has 2 fully saturated rings. The summed E-state index contributed by atoms with van der Waals surface area (Å²) in [5, 5.41) is 3.60. The number of rotatable bonds is 4. The van der Waals surface area contributed by atoms with Gasteiger partial charge in [-0.25, -0.2) is 0 Å². The SMILES string of the molecule is CC(C)CC1NC(C(C)C)N(C2CCC(C)(C)C2)C1=O. The van der Waals surface area contributed by atoms with Crippen molar-refractivity contribution in [3.63, 3.8) is 0 Å². The number of carbonyl (C=O) groups excluding carboxylic acids is 1. The van der Waals surface area contributed by atoms with E-state index in [4.69, 9.17) is 0 Å². The first-order valence-electron chi connectivity index (χ1n) is 8.29. The third-order valence-electron chi connectivity index (χ3n) is 4.90. The topological polar surface area (TPSA) is 32.3 Å². The second-order valence-electron chi connectivity index (χ2n) is 8.34. The fraction of sp³-hybridized carbons (Fsp3) is 0.941. The van der Waals surface area contributed by atoms with Crippen LogP contribution in [0.15, 0.2) is 0 Å². The van der Waals surface area contributed by atoms with Crippen LogP contribution in [-0.4, -0.2) is 29.1 Å². The van der Waals surface area contributed by atoms with E-state index in [1.54, 1.807) is 0 Å². The van der Waals surface area contributed by atoms with E-state index in [9.17, 15) is 4.79 Å². The van der Waals surface area contributed by atoms with Gasteiger partial charge in [0.05, 0.1) is 12.2 Å². The lowest BCUT2D eigenvalue weighted by atomic mass is 9.91. The molecule has 116 valence electrons. The predicted octanol–water partition coefficient (Wildman–Crippen LogP) is 3.39. The second kappa shape index (κ2) is 5.67. The second-order valence-corrected chi connectivity index (χ2v) is 8.34. The van der Waals surface area contributed by atoms with Crippen molar-refractivity contribution in [3.8, 4) is 0 Å². The third kappa shape index (κ3) is 3.19. The summed E-state index contributed by atoms with van der Waals surface area (Å²) in [4.78, 5) is 15.0. The van der Waals surface area contributed by atoms with Crippen LogP contribution in [0.2, 0.25) is 0 Å². The average Bonchev–Trinajstić information content (AvgIpc) is 2.80. The van der Waals surface area contributed by atoms with Gasteiger partial charge in [0.15, 0.2) is 0 Å². The Morgan fingerprint density at radius 2 is 1.95 bits per heavy atom. The molecule has 0 aromatic heterocycles. The zero-order valence-electron chi connectivity index (χ0n) is 14.1. The molecule has 0 radical (unpaired) electrons. The van der Waals surface area contributed by atoms with Crippen LogP contribution in [0, 0.1) is 17.3 Å². The molecule has 0 bridgehead atoms. The van der Waals surface area contributed by atoms with Crippen LogP contribution in [-0.2, 0) is 4.79 Å². The highest BCUT2D eigenvalue weighted by Gasteiger charge is 2.46. The number of nitrogens with zero attached hydrogens (tertiary/aromatic N) is 1. The molecule has 1 saturated carbocycles. The van der Waals surface area contributed by atoms with E-state index < -0.39 is 0 Å². The Morgan fingerprint density at radius 3 is 2.40 bits per heavy atom. The predicted molar refractivity (Wildman–Crippen MR) is 83.3 cm³/mol. The Hall–Kier alpha value is -0.570. The molecule has 1 amide bonds. The van der Waals surface area contributed by atoms with Crippen LogP contribution in [0.5, 0.6) is 0 Å². The van der Waals surface area contributed by atoms with Gasteiger partial charge in [-0.05, 0) is 42.9 Å². The summed E-state index contributed by atoms with van der Waals surface area (Å²) >= 11 is 0. The molecule has 2 aliphatic rings. The largest absolute Gasteiger partial charge is 0.323 e. The van der Waals surface area contributed by atoms with Gasteiger partial charge in [0, 0.05) is 6.04 Å². The van der Waals surface area contributed by atoms with Crippen molar-refractivity contribution in [1.29, 1.82) is 0 Å². The van der Waals surface area contributed by atoms with Gasteiger partial charge < -0.3 is 4.90 Å².